The van der Waals surface area contributed by atoms with E-state index in [9.17, 15) is 4.79 Å². The van der Waals surface area contributed by atoms with Crippen LogP contribution in [-0.2, 0) is 13.1 Å². The Labute approximate surface area is 180 Å². The van der Waals surface area contributed by atoms with Gasteiger partial charge in [0, 0.05) is 18.7 Å². The molecule has 3 nitrogen and oxygen atoms in total. The maximum atomic E-state index is 13.3. The number of benzene rings is 3. The number of hydrogen-bond donors (Lipinski definition) is 0. The molecule has 3 aromatic carbocycles. The largest absolute Gasteiger partial charge is 0.494 e. The Morgan fingerprint density at radius 2 is 1.30 bits per heavy atom. The summed E-state index contributed by atoms with van der Waals surface area (Å²) in [7, 11) is 0. The summed E-state index contributed by atoms with van der Waals surface area (Å²) >= 11 is 0. The maximum absolute atomic E-state index is 13.3. The van der Waals surface area contributed by atoms with E-state index in [0.717, 1.165) is 29.9 Å². The number of ether oxygens (including phenoxy) is 1. The van der Waals surface area contributed by atoms with Gasteiger partial charge < -0.3 is 9.64 Å². The monoisotopic (exact) mass is 401 g/mol. The van der Waals surface area contributed by atoms with Crippen molar-refractivity contribution in [3.05, 3.63) is 102 Å². The second kappa shape index (κ2) is 11.8. The van der Waals surface area contributed by atoms with Crippen molar-refractivity contribution in [3.63, 3.8) is 0 Å². The van der Waals surface area contributed by atoms with Gasteiger partial charge in [-0.1, -0.05) is 86.8 Å². The molecular weight excluding hydrogens is 370 g/mol. The molecule has 0 aromatic heterocycles. The summed E-state index contributed by atoms with van der Waals surface area (Å²) in [5, 5.41) is 0. The molecule has 3 heteroatoms. The van der Waals surface area contributed by atoms with Crippen LogP contribution in [0.4, 0.5) is 0 Å². The van der Waals surface area contributed by atoms with Crippen LogP contribution in [0, 0.1) is 0 Å². The first-order valence-corrected chi connectivity index (χ1v) is 10.9. The Bertz CT molecular complexity index is 834. The first kappa shape index (κ1) is 21.6. The maximum Gasteiger partial charge on any atom is 0.254 e. The third-order valence-corrected chi connectivity index (χ3v) is 5.09. The molecule has 0 aliphatic heterocycles. The highest BCUT2D eigenvalue weighted by Gasteiger charge is 2.17. The molecule has 0 bridgehead atoms. The molecule has 0 saturated carbocycles. The van der Waals surface area contributed by atoms with Crippen molar-refractivity contribution in [2.45, 2.75) is 45.7 Å². The van der Waals surface area contributed by atoms with Crippen molar-refractivity contribution in [2.24, 2.45) is 0 Å². The van der Waals surface area contributed by atoms with Crippen LogP contribution in [0.25, 0.3) is 0 Å². The van der Waals surface area contributed by atoms with Gasteiger partial charge in [0.15, 0.2) is 0 Å². The zero-order chi connectivity index (χ0) is 21.0. The van der Waals surface area contributed by atoms with Gasteiger partial charge in [0.25, 0.3) is 5.91 Å². The predicted octanol–water partition coefficient (Wildman–Crippen LogP) is 6.49. The molecule has 156 valence electrons. The fraction of sp³-hybridized carbons (Fsp3) is 0.296. The van der Waals surface area contributed by atoms with Crippen molar-refractivity contribution in [1.29, 1.82) is 0 Å². The minimum Gasteiger partial charge on any atom is -0.494 e. The van der Waals surface area contributed by atoms with Crippen molar-refractivity contribution in [2.75, 3.05) is 6.61 Å². The van der Waals surface area contributed by atoms with Gasteiger partial charge in [-0.3, -0.25) is 4.79 Å². The molecule has 1 amide bonds. The standard InChI is InChI=1S/C27H31NO2/c1-2-3-4-11-20-30-26-18-16-25(17-19-26)27(29)28(21-23-12-7-5-8-13-23)22-24-14-9-6-10-15-24/h5-10,12-19H,2-4,11,20-22H2,1H3. The van der Waals surface area contributed by atoms with Gasteiger partial charge in [-0.05, 0) is 41.8 Å². The zero-order valence-corrected chi connectivity index (χ0v) is 17.8. The number of unbranched alkanes of at least 4 members (excludes halogenated alkanes) is 3. The van der Waals surface area contributed by atoms with E-state index in [1.165, 1.54) is 19.3 Å². The van der Waals surface area contributed by atoms with Gasteiger partial charge in [0.2, 0.25) is 0 Å². The van der Waals surface area contributed by atoms with Crippen LogP contribution in [0.2, 0.25) is 0 Å². The lowest BCUT2D eigenvalue weighted by Crippen LogP contribution is -2.30. The summed E-state index contributed by atoms with van der Waals surface area (Å²) in [6.45, 7) is 4.07. The van der Waals surface area contributed by atoms with E-state index in [2.05, 4.69) is 31.2 Å². The molecule has 0 spiro atoms. The highest BCUT2D eigenvalue weighted by molar-refractivity contribution is 5.94. The summed E-state index contributed by atoms with van der Waals surface area (Å²) < 4.78 is 5.81. The number of nitrogens with zero attached hydrogens (tertiary/aromatic N) is 1. The average Bonchev–Trinajstić information content (AvgIpc) is 2.80. The molecule has 0 atom stereocenters. The molecule has 0 radical (unpaired) electrons. The highest BCUT2D eigenvalue weighted by atomic mass is 16.5. The third kappa shape index (κ3) is 6.77. The van der Waals surface area contributed by atoms with E-state index < -0.39 is 0 Å². The molecule has 0 heterocycles. The molecule has 0 N–H and O–H groups in total. The van der Waals surface area contributed by atoms with Gasteiger partial charge in [0.05, 0.1) is 6.61 Å². The first-order chi connectivity index (χ1) is 14.8. The lowest BCUT2D eigenvalue weighted by atomic mass is 10.1. The molecule has 0 fully saturated rings. The second-order valence-corrected chi connectivity index (χ2v) is 7.57. The van der Waals surface area contributed by atoms with Gasteiger partial charge in [0.1, 0.15) is 5.75 Å². The molecule has 0 aliphatic carbocycles. The Morgan fingerprint density at radius 1 is 0.733 bits per heavy atom. The molecule has 3 rings (SSSR count). The van der Waals surface area contributed by atoms with E-state index in [4.69, 9.17) is 4.74 Å². The van der Waals surface area contributed by atoms with Crippen LogP contribution in [0.1, 0.15) is 54.1 Å². The number of hydrogen-bond acceptors (Lipinski definition) is 2. The topological polar surface area (TPSA) is 29.5 Å². The zero-order valence-electron chi connectivity index (χ0n) is 17.8. The molecule has 0 saturated heterocycles. The lowest BCUT2D eigenvalue weighted by molar-refractivity contribution is 0.0730. The van der Waals surface area contributed by atoms with E-state index >= 15 is 0 Å². The molecule has 0 aliphatic rings. The van der Waals surface area contributed by atoms with Crippen LogP contribution in [0.5, 0.6) is 5.75 Å². The Hall–Kier alpha value is -3.07. The summed E-state index contributed by atoms with van der Waals surface area (Å²) in [6.07, 6.45) is 4.73. The quantitative estimate of drug-likeness (QED) is 0.344. The van der Waals surface area contributed by atoms with Crippen LogP contribution in [0.3, 0.4) is 0 Å². The summed E-state index contributed by atoms with van der Waals surface area (Å²) in [6, 6.07) is 27.8. The van der Waals surface area contributed by atoms with Crippen LogP contribution in [-0.4, -0.2) is 17.4 Å². The van der Waals surface area contributed by atoms with E-state index in [-0.39, 0.29) is 5.91 Å². The van der Waals surface area contributed by atoms with E-state index in [0.29, 0.717) is 18.7 Å². The third-order valence-electron chi connectivity index (χ3n) is 5.09. The minimum absolute atomic E-state index is 0.0252. The molecule has 3 aromatic rings. The van der Waals surface area contributed by atoms with Crippen molar-refractivity contribution in [1.82, 2.24) is 4.90 Å². The minimum atomic E-state index is 0.0252. The molecule has 0 unspecified atom stereocenters. The number of carbonyl (C=O) groups is 1. The smallest absolute Gasteiger partial charge is 0.254 e. The summed E-state index contributed by atoms with van der Waals surface area (Å²) in [5.41, 5.74) is 2.92. The Kier molecular flexibility index (Phi) is 8.52. The van der Waals surface area contributed by atoms with Gasteiger partial charge in [-0.25, -0.2) is 0 Å². The normalized spacial score (nSPS) is 10.6. The lowest BCUT2D eigenvalue weighted by Gasteiger charge is -2.23. The first-order valence-electron chi connectivity index (χ1n) is 10.9. The van der Waals surface area contributed by atoms with E-state index in [1.54, 1.807) is 0 Å². The van der Waals surface area contributed by atoms with Gasteiger partial charge in [-0.15, -0.1) is 0 Å². The SMILES string of the molecule is CCCCCCOc1ccc(C(=O)N(Cc2ccccc2)Cc2ccccc2)cc1. The number of rotatable bonds is 11. The van der Waals surface area contributed by atoms with Crippen molar-refractivity contribution in [3.8, 4) is 5.75 Å². The molecular formula is C27H31NO2. The summed E-state index contributed by atoms with van der Waals surface area (Å²) in [5.74, 6) is 0.845. The van der Waals surface area contributed by atoms with Gasteiger partial charge in [-0.2, -0.15) is 0 Å². The Morgan fingerprint density at radius 3 is 1.83 bits per heavy atom. The van der Waals surface area contributed by atoms with Crippen LogP contribution >= 0.6 is 0 Å². The average molecular weight is 402 g/mol. The van der Waals surface area contributed by atoms with Crippen molar-refractivity contribution < 1.29 is 9.53 Å². The molecule has 30 heavy (non-hydrogen) atoms. The van der Waals surface area contributed by atoms with Crippen molar-refractivity contribution >= 4 is 5.91 Å². The van der Waals surface area contributed by atoms with Crippen LogP contribution < -0.4 is 4.74 Å². The Balaban J connectivity index is 1.67. The fourth-order valence-corrected chi connectivity index (χ4v) is 3.40. The number of amides is 1. The highest BCUT2D eigenvalue weighted by Crippen LogP contribution is 2.18. The number of carbonyl (C=O) groups excluding carboxylic acids is 1. The fourth-order valence-electron chi connectivity index (χ4n) is 3.40. The van der Waals surface area contributed by atoms with E-state index in [1.807, 2.05) is 65.6 Å². The predicted molar refractivity (Wildman–Crippen MR) is 123 cm³/mol. The van der Waals surface area contributed by atoms with Gasteiger partial charge >= 0.3 is 0 Å². The second-order valence-electron chi connectivity index (χ2n) is 7.57. The van der Waals surface area contributed by atoms with Crippen LogP contribution in [0.15, 0.2) is 84.9 Å². The summed E-state index contributed by atoms with van der Waals surface area (Å²) in [4.78, 5) is 15.2.